The largest absolute Gasteiger partial charge is 0.492 e. The molecule has 408 valence electrons. The van der Waals surface area contributed by atoms with Gasteiger partial charge in [-0.25, -0.2) is 19.2 Å². The lowest BCUT2D eigenvalue weighted by Crippen LogP contribution is -2.71. The van der Waals surface area contributed by atoms with Crippen molar-refractivity contribution < 1.29 is 77.6 Å². The fourth-order valence-electron chi connectivity index (χ4n) is 9.24. The van der Waals surface area contributed by atoms with Gasteiger partial charge in [0, 0.05) is 50.7 Å². The van der Waals surface area contributed by atoms with Crippen LogP contribution in [0.25, 0.3) is 0 Å². The van der Waals surface area contributed by atoms with Crippen LogP contribution in [0.2, 0.25) is 0 Å². The Morgan fingerprint density at radius 3 is 2.07 bits per heavy atom. The van der Waals surface area contributed by atoms with Crippen LogP contribution in [-0.2, 0) is 38.0 Å². The third-order valence-corrected chi connectivity index (χ3v) is 12.2. The standard InChI is InChI=1S/C48H85N7O16/c1-44(2,3)68-40(60)50-20-19-31(56)38(59)52-30-22-29(53-41(61)69-45(4,5)6)32(33(57)36(30)67-39-34(58)37(48(13,64)25-65-39)54(14)42(62)70-46(7,8)9)35-28(18-17-27(23-49)66-35)51-24-26-16-15-21-55(26)43(63)71-47(10,11)12/h17,26,28-37,39,51,56-58,64H,15-16,18-25,49H2,1-14H3,(H,50,60)(H,52,59)(H,53,61)/t26?,28-,29+,30-,31+,32-,33+,34-,35?,36+,37-,39-,48+/m1/s1. The Morgan fingerprint density at radius 1 is 0.873 bits per heavy atom. The minimum Gasteiger partial charge on any atom is -0.492 e. The number of nitrogens with zero attached hydrogens (tertiary/aromatic N) is 2. The molecule has 71 heavy (non-hydrogen) atoms. The quantitative estimate of drug-likeness (QED) is 0.113. The summed E-state index contributed by atoms with van der Waals surface area (Å²) in [5.41, 5.74) is 0.908. The van der Waals surface area contributed by atoms with E-state index in [9.17, 15) is 44.4 Å². The van der Waals surface area contributed by atoms with Crippen molar-refractivity contribution in [3.05, 3.63) is 11.8 Å². The Labute approximate surface area is 418 Å². The molecule has 0 bridgehead atoms. The number of nitrogens with two attached hydrogens (primary N) is 1. The number of ether oxygens (including phenoxy) is 7. The highest BCUT2D eigenvalue weighted by atomic mass is 16.7. The van der Waals surface area contributed by atoms with E-state index in [-0.39, 0.29) is 32.0 Å². The Balaban J connectivity index is 1.75. The van der Waals surface area contributed by atoms with Gasteiger partial charge in [0.15, 0.2) is 6.29 Å². The van der Waals surface area contributed by atoms with E-state index in [4.69, 9.17) is 38.9 Å². The van der Waals surface area contributed by atoms with Crippen molar-refractivity contribution in [1.29, 1.82) is 0 Å². The smallest absolute Gasteiger partial charge is 0.410 e. The van der Waals surface area contributed by atoms with Crippen LogP contribution >= 0.6 is 0 Å². The van der Waals surface area contributed by atoms with E-state index in [1.807, 2.05) is 6.08 Å². The number of hydrogen-bond donors (Lipinski definition) is 9. The molecule has 5 amide bonds. The van der Waals surface area contributed by atoms with Crippen LogP contribution in [0.5, 0.6) is 0 Å². The van der Waals surface area contributed by atoms with Crippen molar-refractivity contribution in [1.82, 2.24) is 31.1 Å². The van der Waals surface area contributed by atoms with Gasteiger partial charge in [0.2, 0.25) is 5.91 Å². The highest BCUT2D eigenvalue weighted by Crippen LogP contribution is 2.39. The number of carbonyl (C=O) groups excluding carboxylic acids is 5. The van der Waals surface area contributed by atoms with E-state index in [1.54, 1.807) is 88.0 Å². The maximum atomic E-state index is 13.9. The maximum Gasteiger partial charge on any atom is 0.410 e. The van der Waals surface area contributed by atoms with Gasteiger partial charge in [0.25, 0.3) is 0 Å². The summed E-state index contributed by atoms with van der Waals surface area (Å²) in [5, 5.41) is 59.2. The van der Waals surface area contributed by atoms with Crippen LogP contribution in [-0.4, -0.2) is 195 Å². The monoisotopic (exact) mass is 1020 g/mol. The van der Waals surface area contributed by atoms with Crippen LogP contribution in [0.1, 0.15) is 122 Å². The van der Waals surface area contributed by atoms with Gasteiger partial charge >= 0.3 is 24.4 Å². The molecule has 3 aliphatic heterocycles. The average molecular weight is 1020 g/mol. The van der Waals surface area contributed by atoms with Crippen molar-refractivity contribution >= 4 is 30.3 Å². The molecule has 2 unspecified atom stereocenters. The van der Waals surface area contributed by atoms with E-state index in [1.165, 1.54) is 14.0 Å². The number of nitrogens with one attached hydrogen (secondary N) is 4. The van der Waals surface area contributed by atoms with Crippen molar-refractivity contribution in [2.24, 2.45) is 11.7 Å². The third kappa shape index (κ3) is 17.5. The number of hydrogen-bond acceptors (Lipinski definition) is 18. The van der Waals surface area contributed by atoms with E-state index in [2.05, 4.69) is 21.3 Å². The van der Waals surface area contributed by atoms with Crippen LogP contribution in [0, 0.1) is 5.92 Å². The first-order valence-corrected chi connectivity index (χ1v) is 24.6. The van der Waals surface area contributed by atoms with Crippen molar-refractivity contribution in [3.8, 4) is 0 Å². The fraction of sp³-hybridized carbons (Fsp3) is 0.854. The molecule has 0 aromatic heterocycles. The summed E-state index contributed by atoms with van der Waals surface area (Å²) >= 11 is 0. The Morgan fingerprint density at radius 2 is 1.48 bits per heavy atom. The van der Waals surface area contributed by atoms with Crippen LogP contribution in [0.3, 0.4) is 0 Å². The first-order valence-electron chi connectivity index (χ1n) is 24.6. The Hall–Kier alpha value is -4.23. The molecule has 2 saturated heterocycles. The molecular formula is C48H85N7O16. The lowest BCUT2D eigenvalue weighted by molar-refractivity contribution is -0.305. The molecule has 1 saturated carbocycles. The first kappa shape index (κ1) is 59.3. The summed E-state index contributed by atoms with van der Waals surface area (Å²) in [6, 6.07) is -4.55. The number of aliphatic hydroxyl groups is 4. The molecule has 10 N–H and O–H groups in total. The van der Waals surface area contributed by atoms with Crippen molar-refractivity contribution in [2.75, 3.05) is 39.8 Å². The molecule has 0 aromatic carbocycles. The predicted molar refractivity (Wildman–Crippen MR) is 257 cm³/mol. The third-order valence-electron chi connectivity index (χ3n) is 12.2. The van der Waals surface area contributed by atoms with E-state index >= 15 is 0 Å². The summed E-state index contributed by atoms with van der Waals surface area (Å²) in [5.74, 6) is -1.64. The van der Waals surface area contributed by atoms with Gasteiger partial charge < -0.3 is 90.4 Å². The number of likely N-dealkylation sites (tertiary alicyclic amines) is 1. The normalized spacial score (nSPS) is 31.0. The molecule has 1 aliphatic carbocycles. The average Bonchev–Trinajstić information content (AvgIpc) is 3.68. The van der Waals surface area contributed by atoms with Gasteiger partial charge in [-0.2, -0.15) is 0 Å². The van der Waals surface area contributed by atoms with Gasteiger partial charge in [-0.1, -0.05) is 0 Å². The summed E-state index contributed by atoms with van der Waals surface area (Å²) in [6.07, 6.45) is -9.13. The number of rotatable bonds is 14. The van der Waals surface area contributed by atoms with Crippen molar-refractivity contribution in [2.45, 2.75) is 217 Å². The number of alkyl carbamates (subject to hydrolysis) is 2. The SMILES string of the molecule is CN(C(=O)OC(C)(C)C)[C@@H]1[C@@H](O)[C@@H](O[C@@H]2[C@@H](O)[C@H](C3OC(CN)=CC[C@H]3NCC3CCCN3C(=O)OC(C)(C)C)[C@@H](NC(=O)OC(C)(C)C)C[C@H]2NC(=O)[C@@H](O)CCNC(=O)OC(C)(C)C)OC[C@]1(C)O. The summed E-state index contributed by atoms with van der Waals surface area (Å²) in [7, 11) is 1.34. The summed E-state index contributed by atoms with van der Waals surface area (Å²) < 4.78 is 41.3. The number of aliphatic hydroxyl groups excluding tert-OH is 3. The van der Waals surface area contributed by atoms with Crippen molar-refractivity contribution in [3.63, 3.8) is 0 Å². The second kappa shape index (κ2) is 23.8. The lowest BCUT2D eigenvalue weighted by Gasteiger charge is -2.52. The number of carbonyl (C=O) groups is 5. The molecule has 0 spiro atoms. The summed E-state index contributed by atoms with van der Waals surface area (Å²) in [4.78, 5) is 69.3. The zero-order chi connectivity index (χ0) is 53.6. The Bertz CT molecular complexity index is 1860. The van der Waals surface area contributed by atoms with Gasteiger partial charge in [0.05, 0.1) is 31.3 Å². The second-order valence-corrected chi connectivity index (χ2v) is 23.2. The van der Waals surface area contributed by atoms with E-state index in [0.29, 0.717) is 31.7 Å². The van der Waals surface area contributed by atoms with E-state index in [0.717, 1.165) is 11.3 Å². The first-order chi connectivity index (χ1) is 32.6. The fourth-order valence-corrected chi connectivity index (χ4v) is 9.24. The zero-order valence-corrected chi connectivity index (χ0v) is 44.2. The minimum atomic E-state index is -1.84. The lowest BCUT2D eigenvalue weighted by atomic mass is 9.72. The Kier molecular flexibility index (Phi) is 19.9. The maximum absolute atomic E-state index is 13.9. The molecule has 13 atom stereocenters. The minimum absolute atomic E-state index is 0.0148. The molecule has 4 rings (SSSR count). The highest BCUT2D eigenvalue weighted by molar-refractivity contribution is 5.81. The van der Waals surface area contributed by atoms with E-state index < -0.39 is 132 Å². The van der Waals surface area contributed by atoms with Gasteiger partial charge in [-0.05, 0) is 128 Å². The van der Waals surface area contributed by atoms with Gasteiger partial charge in [-0.3, -0.25) is 4.79 Å². The van der Waals surface area contributed by atoms with Gasteiger partial charge in [0.1, 0.15) is 58.2 Å². The number of amides is 5. The van der Waals surface area contributed by atoms with Crippen LogP contribution < -0.4 is 27.0 Å². The zero-order valence-electron chi connectivity index (χ0n) is 44.2. The van der Waals surface area contributed by atoms with Gasteiger partial charge in [-0.15, -0.1) is 0 Å². The molecule has 4 aliphatic rings. The molecule has 3 fully saturated rings. The predicted octanol–water partition coefficient (Wildman–Crippen LogP) is 2.10. The second-order valence-electron chi connectivity index (χ2n) is 23.2. The molecule has 3 heterocycles. The topological polar surface area (TPSA) is 312 Å². The molecule has 0 radical (unpaired) electrons. The molecule has 23 heteroatoms. The molecule has 0 aromatic rings. The number of likely N-dealkylation sites (N-methyl/N-ethyl adjacent to an activating group) is 1. The summed E-state index contributed by atoms with van der Waals surface area (Å²) in [6.45, 7) is 22.0. The van der Waals surface area contributed by atoms with Crippen LogP contribution in [0.15, 0.2) is 11.8 Å². The highest BCUT2D eigenvalue weighted by Gasteiger charge is 2.56. The molecular weight excluding hydrogens is 931 g/mol. The van der Waals surface area contributed by atoms with Crippen LogP contribution in [0.4, 0.5) is 19.2 Å². The molecule has 23 nitrogen and oxygen atoms in total.